The second-order valence-corrected chi connectivity index (χ2v) is 3.60. The molecule has 0 bridgehead atoms. The highest BCUT2D eigenvalue weighted by Gasteiger charge is 2.31. The number of anilines is 1. The first-order chi connectivity index (χ1) is 7.63. The van der Waals surface area contributed by atoms with Crippen LogP contribution in [0.15, 0.2) is 18.2 Å². The van der Waals surface area contributed by atoms with Gasteiger partial charge in [-0.05, 0) is 19.1 Å². The van der Waals surface area contributed by atoms with Crippen LogP contribution in [0.2, 0.25) is 0 Å². The van der Waals surface area contributed by atoms with Crippen LogP contribution in [0.3, 0.4) is 0 Å². The fourth-order valence-corrected chi connectivity index (χ4v) is 1.66. The first-order valence-electron chi connectivity index (χ1n) is 4.93. The van der Waals surface area contributed by atoms with Crippen molar-refractivity contribution in [1.29, 1.82) is 0 Å². The summed E-state index contributed by atoms with van der Waals surface area (Å²) in [7, 11) is 1.52. The minimum atomic E-state index is -0.565. The molecule has 0 aromatic heterocycles. The molecule has 16 heavy (non-hydrogen) atoms. The lowest BCUT2D eigenvalue weighted by Crippen LogP contribution is -2.45. The zero-order valence-corrected chi connectivity index (χ0v) is 9.14. The quantitative estimate of drug-likeness (QED) is 0.816. The lowest BCUT2D eigenvalue weighted by molar-refractivity contribution is -0.126. The van der Waals surface area contributed by atoms with E-state index in [0.717, 1.165) is 0 Å². The molecule has 86 valence electrons. The summed E-state index contributed by atoms with van der Waals surface area (Å²) in [5.74, 6) is 0.446. The number of phenols is 1. The Hall–Kier alpha value is -1.75. The predicted molar refractivity (Wildman–Crippen MR) is 57.6 cm³/mol. The second kappa shape index (κ2) is 4.02. The van der Waals surface area contributed by atoms with Crippen molar-refractivity contribution in [2.24, 2.45) is 0 Å². The highest BCUT2D eigenvalue weighted by atomic mass is 16.5. The van der Waals surface area contributed by atoms with Crippen LogP contribution in [0.1, 0.15) is 6.92 Å². The lowest BCUT2D eigenvalue weighted by Gasteiger charge is -2.32. The molecule has 1 heterocycles. The van der Waals surface area contributed by atoms with E-state index in [9.17, 15) is 9.90 Å². The first-order valence-corrected chi connectivity index (χ1v) is 4.93. The number of ether oxygens (including phenoxy) is 2. The van der Waals surface area contributed by atoms with Crippen molar-refractivity contribution in [3.8, 4) is 11.5 Å². The van der Waals surface area contributed by atoms with Crippen LogP contribution in [0.25, 0.3) is 0 Å². The van der Waals surface area contributed by atoms with Crippen molar-refractivity contribution >= 4 is 11.6 Å². The minimum absolute atomic E-state index is 0.109. The zero-order chi connectivity index (χ0) is 11.7. The van der Waals surface area contributed by atoms with E-state index >= 15 is 0 Å². The molecule has 1 unspecified atom stereocenters. The molecule has 1 aromatic carbocycles. The number of fused-ring (bicyclic) bond motifs is 1. The van der Waals surface area contributed by atoms with Gasteiger partial charge in [-0.1, -0.05) is 0 Å². The Morgan fingerprint density at radius 2 is 2.31 bits per heavy atom. The largest absolute Gasteiger partial charge is 0.508 e. The molecular weight excluding hydrogens is 210 g/mol. The van der Waals surface area contributed by atoms with E-state index in [-0.39, 0.29) is 18.4 Å². The van der Waals surface area contributed by atoms with E-state index in [4.69, 9.17) is 9.47 Å². The van der Waals surface area contributed by atoms with E-state index in [1.54, 1.807) is 13.0 Å². The SMILES string of the molecule is COCN1C(=O)C(C)Oc2cc(O)ccc21. The Bertz CT molecular complexity index is 418. The van der Waals surface area contributed by atoms with Crippen molar-refractivity contribution in [3.63, 3.8) is 0 Å². The summed E-state index contributed by atoms with van der Waals surface area (Å²) in [5, 5.41) is 9.34. The van der Waals surface area contributed by atoms with Gasteiger partial charge in [0.05, 0.1) is 5.69 Å². The van der Waals surface area contributed by atoms with Crippen molar-refractivity contribution < 1.29 is 19.4 Å². The maximum absolute atomic E-state index is 11.8. The summed E-state index contributed by atoms with van der Waals surface area (Å²) >= 11 is 0. The molecule has 0 aliphatic carbocycles. The van der Waals surface area contributed by atoms with Gasteiger partial charge in [0.25, 0.3) is 5.91 Å². The third-order valence-corrected chi connectivity index (χ3v) is 2.41. The van der Waals surface area contributed by atoms with Crippen molar-refractivity contribution in [2.45, 2.75) is 13.0 Å². The lowest BCUT2D eigenvalue weighted by atomic mass is 10.2. The Morgan fingerprint density at radius 3 is 3.00 bits per heavy atom. The van der Waals surface area contributed by atoms with E-state index < -0.39 is 6.10 Å². The maximum Gasteiger partial charge on any atom is 0.269 e. The van der Waals surface area contributed by atoms with Gasteiger partial charge in [-0.3, -0.25) is 9.69 Å². The number of aromatic hydroxyl groups is 1. The highest BCUT2D eigenvalue weighted by molar-refractivity contribution is 5.99. The Labute approximate surface area is 93.2 Å². The number of methoxy groups -OCH3 is 1. The molecule has 5 nitrogen and oxygen atoms in total. The predicted octanol–water partition coefficient (Wildman–Crippen LogP) is 1.11. The molecule has 1 aliphatic heterocycles. The van der Waals surface area contributed by atoms with Crippen LogP contribution in [0.4, 0.5) is 5.69 Å². The number of hydrogen-bond acceptors (Lipinski definition) is 4. The monoisotopic (exact) mass is 223 g/mol. The number of carbonyl (C=O) groups is 1. The number of hydrogen-bond donors (Lipinski definition) is 1. The molecule has 1 aliphatic rings. The Kier molecular flexibility index (Phi) is 2.70. The van der Waals surface area contributed by atoms with Gasteiger partial charge in [-0.25, -0.2) is 0 Å². The summed E-state index contributed by atoms with van der Waals surface area (Å²) in [4.78, 5) is 13.3. The summed E-state index contributed by atoms with van der Waals surface area (Å²) in [6, 6.07) is 4.63. The summed E-state index contributed by atoms with van der Waals surface area (Å²) < 4.78 is 10.4. The molecule has 5 heteroatoms. The molecule has 1 aromatic rings. The van der Waals surface area contributed by atoms with Gasteiger partial charge in [-0.15, -0.1) is 0 Å². The summed E-state index contributed by atoms with van der Waals surface area (Å²) in [6.45, 7) is 1.84. The van der Waals surface area contributed by atoms with Crippen LogP contribution in [-0.4, -0.2) is 31.0 Å². The van der Waals surface area contributed by atoms with Gasteiger partial charge in [0.2, 0.25) is 0 Å². The summed E-state index contributed by atoms with van der Waals surface area (Å²) in [5.41, 5.74) is 0.614. The van der Waals surface area contributed by atoms with Crippen molar-refractivity contribution in [3.05, 3.63) is 18.2 Å². The normalized spacial score (nSPS) is 19.2. The number of carbonyl (C=O) groups excluding carboxylic acids is 1. The molecular formula is C11H13NO4. The maximum atomic E-state index is 11.8. The van der Waals surface area contributed by atoms with E-state index in [1.807, 2.05) is 0 Å². The third-order valence-electron chi connectivity index (χ3n) is 2.41. The number of nitrogens with zero attached hydrogens (tertiary/aromatic N) is 1. The van der Waals surface area contributed by atoms with Gasteiger partial charge in [0.15, 0.2) is 6.10 Å². The Balaban J connectivity index is 2.43. The van der Waals surface area contributed by atoms with Crippen LogP contribution in [0.5, 0.6) is 11.5 Å². The van der Waals surface area contributed by atoms with E-state index in [1.165, 1.54) is 24.1 Å². The summed E-state index contributed by atoms with van der Waals surface area (Å²) in [6.07, 6.45) is -0.565. The standard InChI is InChI=1S/C11H13NO4/c1-7-11(14)12(6-15-2)9-4-3-8(13)5-10(9)16-7/h3-5,7,13H,6H2,1-2H3. The van der Waals surface area contributed by atoms with Crippen molar-refractivity contribution in [1.82, 2.24) is 0 Å². The number of rotatable bonds is 2. The number of phenolic OH excluding ortho intramolecular Hbond substituents is 1. The van der Waals surface area contributed by atoms with Crippen LogP contribution >= 0.6 is 0 Å². The smallest absolute Gasteiger partial charge is 0.269 e. The van der Waals surface area contributed by atoms with Crippen LogP contribution in [0, 0.1) is 0 Å². The molecule has 0 spiro atoms. The van der Waals surface area contributed by atoms with E-state index in [0.29, 0.717) is 11.4 Å². The van der Waals surface area contributed by atoms with Crippen molar-refractivity contribution in [2.75, 3.05) is 18.7 Å². The molecule has 1 amide bonds. The van der Waals surface area contributed by atoms with Gasteiger partial charge in [0, 0.05) is 13.2 Å². The second-order valence-electron chi connectivity index (χ2n) is 3.60. The Morgan fingerprint density at radius 1 is 1.56 bits per heavy atom. The number of amides is 1. The molecule has 1 atom stereocenters. The van der Waals surface area contributed by atoms with Gasteiger partial charge < -0.3 is 14.6 Å². The topological polar surface area (TPSA) is 59.0 Å². The molecule has 0 radical (unpaired) electrons. The third kappa shape index (κ3) is 1.69. The van der Waals surface area contributed by atoms with Crippen LogP contribution in [-0.2, 0) is 9.53 Å². The number of benzene rings is 1. The molecule has 0 saturated carbocycles. The molecule has 1 N–H and O–H groups in total. The first kappa shape index (κ1) is 10.8. The van der Waals surface area contributed by atoms with Gasteiger partial charge in [0.1, 0.15) is 18.2 Å². The van der Waals surface area contributed by atoms with E-state index in [2.05, 4.69) is 0 Å². The average molecular weight is 223 g/mol. The molecule has 0 fully saturated rings. The molecule has 0 saturated heterocycles. The average Bonchev–Trinajstić information content (AvgIpc) is 2.24. The van der Waals surface area contributed by atoms with Gasteiger partial charge >= 0.3 is 0 Å². The highest BCUT2D eigenvalue weighted by Crippen LogP contribution is 2.36. The van der Waals surface area contributed by atoms with Gasteiger partial charge in [-0.2, -0.15) is 0 Å². The fraction of sp³-hybridized carbons (Fsp3) is 0.364. The van der Waals surface area contributed by atoms with Crippen LogP contribution < -0.4 is 9.64 Å². The zero-order valence-electron chi connectivity index (χ0n) is 9.14. The minimum Gasteiger partial charge on any atom is -0.508 e. The fourth-order valence-electron chi connectivity index (χ4n) is 1.66. The molecule has 2 rings (SSSR count).